The summed E-state index contributed by atoms with van der Waals surface area (Å²) in [5.41, 5.74) is -0.705. The van der Waals surface area contributed by atoms with E-state index in [0.717, 1.165) is 0 Å². The molecule has 2 fully saturated rings. The molecule has 4 rings (SSSR count). The molecule has 0 spiro atoms. The molecule has 0 aromatic heterocycles. The number of ether oxygens (including phenoxy) is 4. The molecule has 0 saturated carbocycles. The fraction of sp³-hybridized carbons (Fsp3) is 0.355. The Labute approximate surface area is 274 Å². The Morgan fingerprint density at radius 1 is 0.729 bits per heavy atom. The molecule has 2 aliphatic heterocycles. The van der Waals surface area contributed by atoms with Crippen molar-refractivity contribution in [2.45, 2.75) is 64.2 Å². The molecule has 48 heavy (non-hydrogen) atoms. The monoisotopic (exact) mass is 669 g/mol. The van der Waals surface area contributed by atoms with Gasteiger partial charge in [-0.25, -0.2) is 15.1 Å². The van der Waals surface area contributed by atoms with Crippen LogP contribution in [0, 0.1) is 0 Å². The molecule has 5 amide bonds. The quantitative estimate of drug-likeness (QED) is 0.0590. The van der Waals surface area contributed by atoms with Gasteiger partial charge < -0.3 is 18.9 Å². The maximum absolute atomic E-state index is 13.1. The van der Waals surface area contributed by atoms with E-state index >= 15 is 0 Å². The van der Waals surface area contributed by atoms with Gasteiger partial charge in [0.25, 0.3) is 23.3 Å². The number of carbonyl (C=O) groups excluding carboxylic acids is 8. The van der Waals surface area contributed by atoms with Crippen molar-refractivity contribution in [2.24, 2.45) is 5.84 Å². The number of esters is 3. The first kappa shape index (κ1) is 36.8. The molecule has 0 radical (unpaired) electrons. The normalized spacial score (nSPS) is 19.6. The van der Waals surface area contributed by atoms with Crippen molar-refractivity contribution in [1.82, 2.24) is 21.0 Å². The van der Waals surface area contributed by atoms with Gasteiger partial charge in [-0.3, -0.25) is 50.0 Å². The van der Waals surface area contributed by atoms with Crippen LogP contribution in [-0.4, -0.2) is 70.5 Å². The van der Waals surface area contributed by atoms with E-state index in [4.69, 9.17) is 24.8 Å². The van der Waals surface area contributed by atoms with Crippen LogP contribution in [-0.2, 0) is 65.7 Å². The molecular formula is C31H35N5O12. The second-order valence-corrected chi connectivity index (χ2v) is 10.3. The smallest absolute Gasteiger partial charge is 0.414 e. The van der Waals surface area contributed by atoms with Crippen molar-refractivity contribution >= 4 is 47.6 Å². The zero-order valence-corrected chi connectivity index (χ0v) is 26.1. The molecular weight excluding hydrogens is 634 g/mol. The minimum absolute atomic E-state index is 0.0839. The van der Waals surface area contributed by atoms with Gasteiger partial charge in [-0.1, -0.05) is 74.5 Å². The van der Waals surface area contributed by atoms with Gasteiger partial charge in [0.05, 0.1) is 12.8 Å². The first-order chi connectivity index (χ1) is 22.9. The molecule has 17 heteroatoms. The molecule has 17 nitrogen and oxygen atoms in total. The number of nitrogens with one attached hydrogen (secondary N) is 3. The average Bonchev–Trinajstić information content (AvgIpc) is 3.53. The molecule has 0 bridgehead atoms. The second kappa shape index (κ2) is 16.8. The highest BCUT2D eigenvalue weighted by molar-refractivity contribution is 6.10. The third-order valence-corrected chi connectivity index (χ3v) is 6.81. The maximum Gasteiger partial charge on any atom is 0.414 e. The summed E-state index contributed by atoms with van der Waals surface area (Å²) in [6.07, 6.45) is -2.13. The lowest BCUT2D eigenvalue weighted by Crippen LogP contribution is -2.60. The first-order valence-electron chi connectivity index (χ1n) is 14.7. The van der Waals surface area contributed by atoms with Crippen LogP contribution in [0.15, 0.2) is 60.7 Å². The fourth-order valence-corrected chi connectivity index (χ4v) is 4.31. The van der Waals surface area contributed by atoms with Crippen molar-refractivity contribution in [2.75, 3.05) is 6.54 Å². The Kier molecular flexibility index (Phi) is 12.8. The third kappa shape index (κ3) is 9.43. The van der Waals surface area contributed by atoms with Crippen LogP contribution in [0.1, 0.15) is 50.7 Å². The van der Waals surface area contributed by atoms with Gasteiger partial charge in [0, 0.05) is 12.8 Å². The van der Waals surface area contributed by atoms with E-state index in [1.165, 1.54) is 6.92 Å². The summed E-state index contributed by atoms with van der Waals surface area (Å²) >= 11 is 0. The number of carbonyl (C=O) groups is 8. The fourth-order valence-electron chi connectivity index (χ4n) is 4.31. The standard InChI is InChI=1S/C24H24N2O8.C7H11N3O4/c1-2-20(28)34-24(13-19(27)25-22(24)30)26(23(31)33-16-18-11-7-4-8-12-18)14-21(29)32-15-17-9-5-3-6-10-17;1-2-5(12)14-7(10-8)3-4(11)9-6(7)13/h3-12H,2,13-16H2,1H3,(H,25,27,30);10H,2-3,8H2,1H3,(H,9,11,13). The Hall–Kier alpha value is -5.68. The van der Waals surface area contributed by atoms with Gasteiger partial charge in [-0.05, 0) is 11.1 Å². The topological polar surface area (TPSA) is 239 Å². The van der Waals surface area contributed by atoms with Crippen LogP contribution in [0.4, 0.5) is 4.79 Å². The summed E-state index contributed by atoms with van der Waals surface area (Å²) in [5, 5.41) is 4.01. The summed E-state index contributed by atoms with van der Waals surface area (Å²) < 4.78 is 20.6. The number of nitrogens with two attached hydrogens (primary N) is 1. The lowest BCUT2D eigenvalue weighted by atomic mass is 10.1. The van der Waals surface area contributed by atoms with Crippen LogP contribution in [0.25, 0.3) is 0 Å². The second-order valence-electron chi connectivity index (χ2n) is 10.3. The highest BCUT2D eigenvalue weighted by atomic mass is 16.6. The molecule has 2 atom stereocenters. The SMILES string of the molecule is CCC(=O)OC1(N(CC(=O)OCc2ccccc2)C(=O)OCc2ccccc2)CC(=O)NC1=O.CCC(=O)OC1(NN)CC(=O)NC1=O. The summed E-state index contributed by atoms with van der Waals surface area (Å²) in [4.78, 5) is 96.3. The van der Waals surface area contributed by atoms with Crippen LogP contribution in [0.2, 0.25) is 0 Å². The van der Waals surface area contributed by atoms with Crippen LogP contribution < -0.4 is 21.9 Å². The molecule has 2 heterocycles. The van der Waals surface area contributed by atoms with E-state index in [-0.39, 0.29) is 32.5 Å². The predicted molar refractivity (Wildman–Crippen MR) is 161 cm³/mol. The molecule has 2 unspecified atom stereocenters. The van der Waals surface area contributed by atoms with Crippen molar-refractivity contribution in [1.29, 1.82) is 0 Å². The number of hydrogen-bond acceptors (Lipinski definition) is 14. The Balaban J connectivity index is 0.000000373. The maximum atomic E-state index is 13.1. The molecule has 256 valence electrons. The van der Waals surface area contributed by atoms with Crippen molar-refractivity contribution in [3.05, 3.63) is 71.8 Å². The van der Waals surface area contributed by atoms with Crippen molar-refractivity contribution < 1.29 is 57.3 Å². The zero-order valence-electron chi connectivity index (χ0n) is 26.1. The number of rotatable bonds is 12. The van der Waals surface area contributed by atoms with E-state index in [0.29, 0.717) is 16.0 Å². The number of benzene rings is 2. The Bertz CT molecular complexity index is 1540. The Morgan fingerprint density at radius 2 is 1.23 bits per heavy atom. The third-order valence-electron chi connectivity index (χ3n) is 6.81. The number of nitrogens with zero attached hydrogens (tertiary/aromatic N) is 1. The van der Waals surface area contributed by atoms with Crippen LogP contribution >= 0.6 is 0 Å². The zero-order chi connectivity index (χ0) is 35.3. The van der Waals surface area contributed by atoms with Gasteiger partial charge in [0.15, 0.2) is 0 Å². The van der Waals surface area contributed by atoms with E-state index in [2.05, 4.69) is 0 Å². The molecule has 0 aliphatic carbocycles. The lowest BCUT2D eigenvalue weighted by Gasteiger charge is -2.35. The number of amides is 5. The Morgan fingerprint density at radius 3 is 1.69 bits per heavy atom. The summed E-state index contributed by atoms with van der Waals surface area (Å²) in [7, 11) is 0. The summed E-state index contributed by atoms with van der Waals surface area (Å²) in [6, 6.07) is 17.5. The van der Waals surface area contributed by atoms with Gasteiger partial charge in [-0.15, -0.1) is 0 Å². The lowest BCUT2D eigenvalue weighted by molar-refractivity contribution is -0.187. The van der Waals surface area contributed by atoms with Gasteiger partial charge >= 0.3 is 24.0 Å². The minimum atomic E-state index is -2.37. The molecule has 2 saturated heterocycles. The van der Waals surface area contributed by atoms with Crippen molar-refractivity contribution in [3.8, 4) is 0 Å². The van der Waals surface area contributed by atoms with Gasteiger partial charge in [0.2, 0.25) is 11.8 Å². The number of hydrazine groups is 1. The summed E-state index contributed by atoms with van der Waals surface area (Å²) in [6.45, 7) is 2.00. The molecule has 2 aromatic carbocycles. The van der Waals surface area contributed by atoms with E-state index < -0.39 is 72.0 Å². The highest BCUT2D eigenvalue weighted by Crippen LogP contribution is 2.29. The minimum Gasteiger partial charge on any atom is -0.459 e. The first-order valence-corrected chi connectivity index (χ1v) is 14.7. The van der Waals surface area contributed by atoms with Crippen LogP contribution in [0.5, 0.6) is 0 Å². The van der Waals surface area contributed by atoms with Gasteiger partial charge in [0.1, 0.15) is 19.8 Å². The van der Waals surface area contributed by atoms with E-state index in [9.17, 15) is 38.4 Å². The van der Waals surface area contributed by atoms with Crippen molar-refractivity contribution in [3.63, 3.8) is 0 Å². The molecule has 2 aromatic rings. The van der Waals surface area contributed by atoms with E-state index in [1.54, 1.807) is 67.6 Å². The van der Waals surface area contributed by atoms with E-state index in [1.807, 2.05) is 16.1 Å². The number of hydrogen-bond donors (Lipinski definition) is 4. The molecule has 5 N–H and O–H groups in total. The van der Waals surface area contributed by atoms with Crippen LogP contribution in [0.3, 0.4) is 0 Å². The summed E-state index contributed by atoms with van der Waals surface area (Å²) in [5.74, 6) is -0.348. The average molecular weight is 670 g/mol. The molecule has 2 aliphatic rings. The predicted octanol–water partition coefficient (Wildman–Crippen LogP) is 0.210. The van der Waals surface area contributed by atoms with Gasteiger partial charge in [-0.2, -0.15) is 0 Å². The largest absolute Gasteiger partial charge is 0.459 e. The highest BCUT2D eigenvalue weighted by Gasteiger charge is 2.58. The number of imide groups is 2.